The van der Waals surface area contributed by atoms with E-state index in [2.05, 4.69) is 33.9 Å². The second kappa shape index (κ2) is 8.49. The number of carbonyl (C=O) groups excluding carboxylic acids is 1. The van der Waals surface area contributed by atoms with Gasteiger partial charge in [-0.25, -0.2) is 4.79 Å². The van der Waals surface area contributed by atoms with Crippen LogP contribution in [0.4, 0.5) is 0 Å². The standard InChI is InChI=1S/C19H30O4Si/c1-8-22-18(20)13-12-15-10-9-11-17(21-5)16(15)14-23-24(6,7)19(2,3)4/h9-13H,8,14H2,1-7H3/b13-12+. The first-order chi connectivity index (χ1) is 11.1. The topological polar surface area (TPSA) is 44.8 Å². The zero-order chi connectivity index (χ0) is 18.4. The fourth-order valence-electron chi connectivity index (χ4n) is 1.90. The molecular weight excluding hydrogens is 320 g/mol. The van der Waals surface area contributed by atoms with Crippen molar-refractivity contribution in [2.24, 2.45) is 0 Å². The fraction of sp³-hybridized carbons (Fsp3) is 0.526. The van der Waals surface area contributed by atoms with Gasteiger partial charge in [0, 0.05) is 11.6 Å². The summed E-state index contributed by atoms with van der Waals surface area (Å²) in [4.78, 5) is 11.6. The number of benzene rings is 1. The molecule has 134 valence electrons. The highest BCUT2D eigenvalue weighted by Gasteiger charge is 2.37. The van der Waals surface area contributed by atoms with Gasteiger partial charge in [-0.05, 0) is 42.8 Å². The Morgan fingerprint density at radius 1 is 1.25 bits per heavy atom. The molecule has 0 atom stereocenters. The van der Waals surface area contributed by atoms with E-state index < -0.39 is 8.32 Å². The molecule has 0 saturated carbocycles. The molecule has 4 nitrogen and oxygen atoms in total. The van der Waals surface area contributed by atoms with E-state index in [4.69, 9.17) is 13.9 Å². The fourth-order valence-corrected chi connectivity index (χ4v) is 2.84. The summed E-state index contributed by atoms with van der Waals surface area (Å²) in [7, 11) is -0.232. The normalized spacial score (nSPS) is 12.5. The molecule has 5 heteroatoms. The second-order valence-electron chi connectivity index (χ2n) is 7.16. The minimum absolute atomic E-state index is 0.135. The van der Waals surface area contributed by atoms with Gasteiger partial charge < -0.3 is 13.9 Å². The molecule has 0 fully saturated rings. The van der Waals surface area contributed by atoms with Crippen LogP contribution < -0.4 is 4.74 Å². The Morgan fingerprint density at radius 3 is 2.46 bits per heavy atom. The second-order valence-corrected chi connectivity index (χ2v) is 12.0. The maximum atomic E-state index is 11.6. The minimum atomic E-state index is -1.88. The van der Waals surface area contributed by atoms with Crippen LogP contribution in [0.1, 0.15) is 38.8 Å². The monoisotopic (exact) mass is 350 g/mol. The maximum absolute atomic E-state index is 11.6. The summed E-state index contributed by atoms with van der Waals surface area (Å²) in [5.74, 6) is 0.413. The van der Waals surface area contributed by atoms with Gasteiger partial charge in [-0.15, -0.1) is 0 Å². The van der Waals surface area contributed by atoms with Crippen molar-refractivity contribution < 1.29 is 18.7 Å². The van der Waals surface area contributed by atoms with Crippen LogP contribution in [0.2, 0.25) is 18.1 Å². The average Bonchev–Trinajstić information content (AvgIpc) is 2.50. The minimum Gasteiger partial charge on any atom is -0.496 e. The van der Waals surface area contributed by atoms with Gasteiger partial charge in [0.05, 0.1) is 20.3 Å². The number of hydrogen-bond donors (Lipinski definition) is 0. The molecule has 0 radical (unpaired) electrons. The van der Waals surface area contributed by atoms with E-state index in [1.165, 1.54) is 6.08 Å². The molecule has 0 bridgehead atoms. The van der Waals surface area contributed by atoms with E-state index in [0.29, 0.717) is 13.2 Å². The van der Waals surface area contributed by atoms with E-state index in [1.54, 1.807) is 20.1 Å². The Hall–Kier alpha value is -1.59. The van der Waals surface area contributed by atoms with Crippen LogP contribution in [-0.4, -0.2) is 28.0 Å². The van der Waals surface area contributed by atoms with Crippen molar-refractivity contribution in [2.75, 3.05) is 13.7 Å². The summed E-state index contributed by atoms with van der Waals surface area (Å²) >= 11 is 0. The maximum Gasteiger partial charge on any atom is 0.330 e. The van der Waals surface area contributed by atoms with Crippen LogP contribution >= 0.6 is 0 Å². The summed E-state index contributed by atoms with van der Waals surface area (Å²) in [6.45, 7) is 13.7. The zero-order valence-electron chi connectivity index (χ0n) is 15.9. The highest BCUT2D eigenvalue weighted by atomic mass is 28.4. The van der Waals surface area contributed by atoms with Crippen molar-refractivity contribution >= 4 is 20.4 Å². The molecule has 0 unspecified atom stereocenters. The lowest BCUT2D eigenvalue weighted by Gasteiger charge is -2.36. The predicted octanol–water partition coefficient (Wildman–Crippen LogP) is 4.79. The molecule has 0 aliphatic rings. The number of ether oxygens (including phenoxy) is 2. The first kappa shape index (κ1) is 20.5. The van der Waals surface area contributed by atoms with Gasteiger partial charge >= 0.3 is 5.97 Å². The van der Waals surface area contributed by atoms with Gasteiger partial charge in [0.25, 0.3) is 0 Å². The van der Waals surface area contributed by atoms with Gasteiger partial charge in [0.15, 0.2) is 8.32 Å². The first-order valence-corrected chi connectivity index (χ1v) is 11.2. The lowest BCUT2D eigenvalue weighted by atomic mass is 10.1. The Balaban J connectivity index is 3.06. The number of hydrogen-bond acceptors (Lipinski definition) is 4. The van der Waals surface area contributed by atoms with Crippen LogP contribution in [-0.2, 0) is 20.6 Å². The Kier molecular flexibility index (Phi) is 7.23. The Morgan fingerprint density at radius 2 is 1.92 bits per heavy atom. The van der Waals surface area contributed by atoms with Crippen LogP contribution in [0.5, 0.6) is 5.75 Å². The van der Waals surface area contributed by atoms with Gasteiger partial charge in [0.2, 0.25) is 0 Å². The molecule has 1 aromatic rings. The lowest BCUT2D eigenvalue weighted by molar-refractivity contribution is -0.137. The van der Waals surface area contributed by atoms with Crippen LogP contribution in [0.15, 0.2) is 24.3 Å². The zero-order valence-corrected chi connectivity index (χ0v) is 16.9. The van der Waals surface area contributed by atoms with Crippen molar-refractivity contribution in [3.8, 4) is 5.75 Å². The predicted molar refractivity (Wildman–Crippen MR) is 101 cm³/mol. The molecule has 0 spiro atoms. The van der Waals surface area contributed by atoms with E-state index in [-0.39, 0.29) is 11.0 Å². The lowest BCUT2D eigenvalue weighted by Crippen LogP contribution is -2.40. The van der Waals surface area contributed by atoms with Crippen molar-refractivity contribution in [2.45, 2.75) is 52.4 Å². The number of rotatable bonds is 7. The Labute approximate surface area is 146 Å². The smallest absolute Gasteiger partial charge is 0.330 e. The van der Waals surface area contributed by atoms with E-state index in [1.807, 2.05) is 18.2 Å². The van der Waals surface area contributed by atoms with Gasteiger partial charge in [0.1, 0.15) is 5.75 Å². The summed E-state index contributed by atoms with van der Waals surface area (Å²) < 4.78 is 16.7. The third-order valence-electron chi connectivity index (χ3n) is 4.46. The van der Waals surface area contributed by atoms with Gasteiger partial charge in [-0.1, -0.05) is 32.9 Å². The SMILES string of the molecule is CCOC(=O)/C=C/c1cccc(OC)c1CO[Si](C)(C)C(C)(C)C. The van der Waals surface area contributed by atoms with Crippen molar-refractivity contribution in [3.05, 3.63) is 35.4 Å². The summed E-state index contributed by atoms with van der Waals surface area (Å²) in [6.07, 6.45) is 3.19. The van der Waals surface area contributed by atoms with Crippen molar-refractivity contribution in [1.82, 2.24) is 0 Å². The molecule has 0 heterocycles. The summed E-state index contributed by atoms with van der Waals surface area (Å²) in [5, 5.41) is 0.135. The molecule has 0 N–H and O–H groups in total. The molecule has 1 aromatic carbocycles. The third kappa shape index (κ3) is 5.49. The van der Waals surface area contributed by atoms with Gasteiger partial charge in [-0.2, -0.15) is 0 Å². The Bertz CT molecular complexity index is 586. The van der Waals surface area contributed by atoms with Crippen LogP contribution in [0, 0.1) is 0 Å². The highest BCUT2D eigenvalue weighted by molar-refractivity contribution is 6.74. The number of methoxy groups -OCH3 is 1. The quantitative estimate of drug-likeness (QED) is 0.403. The largest absolute Gasteiger partial charge is 0.496 e. The van der Waals surface area contributed by atoms with Crippen molar-refractivity contribution in [1.29, 1.82) is 0 Å². The van der Waals surface area contributed by atoms with E-state index in [9.17, 15) is 4.79 Å². The van der Waals surface area contributed by atoms with Crippen LogP contribution in [0.25, 0.3) is 6.08 Å². The number of carbonyl (C=O) groups is 1. The van der Waals surface area contributed by atoms with Crippen molar-refractivity contribution in [3.63, 3.8) is 0 Å². The molecule has 0 aliphatic heterocycles. The highest BCUT2D eigenvalue weighted by Crippen LogP contribution is 2.38. The van der Waals surface area contributed by atoms with Gasteiger partial charge in [-0.3, -0.25) is 0 Å². The summed E-state index contributed by atoms with van der Waals surface area (Å²) in [5.41, 5.74) is 1.85. The molecule has 0 amide bonds. The third-order valence-corrected chi connectivity index (χ3v) is 8.94. The first-order valence-electron chi connectivity index (χ1n) is 8.27. The number of esters is 1. The summed E-state index contributed by atoms with van der Waals surface area (Å²) in [6, 6.07) is 5.76. The van der Waals surface area contributed by atoms with Crippen LogP contribution in [0.3, 0.4) is 0 Å². The molecule has 1 rings (SSSR count). The van der Waals surface area contributed by atoms with E-state index in [0.717, 1.165) is 16.9 Å². The molecular formula is C19H30O4Si. The molecule has 0 aromatic heterocycles. The average molecular weight is 351 g/mol. The molecule has 0 saturated heterocycles. The molecule has 24 heavy (non-hydrogen) atoms. The van der Waals surface area contributed by atoms with E-state index >= 15 is 0 Å². The molecule has 0 aliphatic carbocycles.